The minimum Gasteiger partial charge on any atom is -0.458 e. The van der Waals surface area contributed by atoms with Crippen molar-refractivity contribution in [2.45, 2.75) is 52.7 Å². The van der Waals surface area contributed by atoms with Crippen LogP contribution in [0.5, 0.6) is 0 Å². The van der Waals surface area contributed by atoms with Gasteiger partial charge in [0.05, 0.1) is 5.02 Å². The van der Waals surface area contributed by atoms with Crippen molar-refractivity contribution >= 4 is 45.9 Å². The second-order valence-corrected chi connectivity index (χ2v) is 8.61. The lowest BCUT2D eigenvalue weighted by atomic mass is 10.0. The van der Waals surface area contributed by atoms with Gasteiger partial charge in [0.2, 0.25) is 0 Å². The molecule has 1 unspecified atom stereocenters. The third-order valence-corrected chi connectivity index (χ3v) is 4.36. The molecule has 0 radical (unpaired) electrons. The van der Waals surface area contributed by atoms with Crippen molar-refractivity contribution in [3.63, 3.8) is 0 Å². The second-order valence-electron chi connectivity index (χ2n) is 7.85. The zero-order chi connectivity index (χ0) is 20.4. The topological polar surface area (TPSA) is 68.3 Å². The number of benzene rings is 1. The summed E-state index contributed by atoms with van der Waals surface area (Å²) in [5.74, 6) is -0.630. The smallest absolute Gasteiger partial charge is 0.329 e. The van der Waals surface area contributed by atoms with Crippen LogP contribution in [-0.2, 0) is 9.53 Å². The molecule has 1 aromatic heterocycles. The van der Waals surface area contributed by atoms with E-state index in [0.29, 0.717) is 27.8 Å². The largest absolute Gasteiger partial charge is 0.458 e. The van der Waals surface area contributed by atoms with Crippen LogP contribution >= 0.6 is 23.2 Å². The molecule has 0 spiro atoms. The Balaban J connectivity index is 2.27. The second kappa shape index (κ2) is 8.44. The van der Waals surface area contributed by atoms with Gasteiger partial charge < -0.3 is 10.1 Å². The third-order valence-electron chi connectivity index (χ3n) is 3.76. The number of amides is 1. The molecule has 0 saturated heterocycles. The molecule has 1 aromatic carbocycles. The van der Waals surface area contributed by atoms with Gasteiger partial charge in [-0.15, -0.1) is 0 Å². The Labute approximate surface area is 169 Å². The minimum atomic E-state index is -0.736. The van der Waals surface area contributed by atoms with E-state index < -0.39 is 17.6 Å². The number of nitrogens with zero attached hydrogens (tertiary/aromatic N) is 1. The highest BCUT2D eigenvalue weighted by molar-refractivity contribution is 6.39. The number of hydrogen-bond donors (Lipinski definition) is 1. The number of carbonyl (C=O) groups excluding carboxylic acids is 2. The predicted molar refractivity (Wildman–Crippen MR) is 108 cm³/mol. The van der Waals surface area contributed by atoms with Crippen LogP contribution in [0, 0.1) is 5.92 Å². The maximum atomic E-state index is 12.7. The number of ether oxygens (including phenoxy) is 1. The summed E-state index contributed by atoms with van der Waals surface area (Å²) in [6.07, 6.45) is 1.94. The van der Waals surface area contributed by atoms with E-state index >= 15 is 0 Å². The van der Waals surface area contributed by atoms with E-state index in [0.717, 1.165) is 0 Å². The summed E-state index contributed by atoms with van der Waals surface area (Å²) in [4.78, 5) is 29.2. The van der Waals surface area contributed by atoms with Crippen molar-refractivity contribution in [2.24, 2.45) is 5.92 Å². The van der Waals surface area contributed by atoms with Gasteiger partial charge >= 0.3 is 5.97 Å². The van der Waals surface area contributed by atoms with Crippen LogP contribution in [0.3, 0.4) is 0 Å². The standard InChI is InChI=1S/C20H24Cl2N2O3/c1-11(2)8-16(19(26)27-20(3,4)5)24-18(25)12-6-7-13-14(9-12)17(22)23-10-15(13)21/h6-7,9-11,16H,8H2,1-5H3,(H,24,25). The summed E-state index contributed by atoms with van der Waals surface area (Å²) >= 11 is 12.3. The Morgan fingerprint density at radius 2 is 1.85 bits per heavy atom. The lowest BCUT2D eigenvalue weighted by Gasteiger charge is -2.25. The average Bonchev–Trinajstić information content (AvgIpc) is 2.55. The fraction of sp³-hybridized carbons (Fsp3) is 0.450. The fourth-order valence-corrected chi connectivity index (χ4v) is 3.04. The maximum absolute atomic E-state index is 12.7. The van der Waals surface area contributed by atoms with Crippen molar-refractivity contribution in [3.05, 3.63) is 40.1 Å². The molecule has 1 heterocycles. The zero-order valence-corrected chi connectivity index (χ0v) is 17.6. The summed E-state index contributed by atoms with van der Waals surface area (Å²) in [5.41, 5.74) is -0.263. The van der Waals surface area contributed by atoms with Crippen LogP contribution in [0.4, 0.5) is 0 Å². The van der Waals surface area contributed by atoms with E-state index in [9.17, 15) is 9.59 Å². The van der Waals surface area contributed by atoms with Crippen molar-refractivity contribution in [3.8, 4) is 0 Å². The molecule has 0 bridgehead atoms. The first kappa shape index (κ1) is 21.5. The SMILES string of the molecule is CC(C)CC(NC(=O)c1ccc2c(Cl)cnc(Cl)c2c1)C(=O)OC(C)(C)C. The average molecular weight is 411 g/mol. The summed E-state index contributed by atoms with van der Waals surface area (Å²) in [6.45, 7) is 9.34. The molecule has 1 atom stereocenters. The quantitative estimate of drug-likeness (QED) is 0.554. The van der Waals surface area contributed by atoms with Crippen molar-refractivity contribution < 1.29 is 14.3 Å². The lowest BCUT2D eigenvalue weighted by molar-refractivity contribution is -0.157. The molecule has 0 aliphatic heterocycles. The number of aromatic nitrogens is 1. The molecular formula is C20H24Cl2N2O3. The highest BCUT2D eigenvalue weighted by atomic mass is 35.5. The van der Waals surface area contributed by atoms with Gasteiger partial charge in [0.25, 0.3) is 5.91 Å². The summed E-state index contributed by atoms with van der Waals surface area (Å²) in [6, 6.07) is 4.24. The molecular weight excluding hydrogens is 387 g/mol. The van der Waals surface area contributed by atoms with E-state index in [1.54, 1.807) is 39.0 Å². The van der Waals surface area contributed by atoms with Crippen molar-refractivity contribution in [1.29, 1.82) is 0 Å². The third kappa shape index (κ3) is 5.81. The molecule has 1 amide bonds. The minimum absolute atomic E-state index is 0.205. The molecule has 7 heteroatoms. The number of fused-ring (bicyclic) bond motifs is 1. The van der Waals surface area contributed by atoms with Gasteiger partial charge in [-0.1, -0.05) is 43.1 Å². The van der Waals surface area contributed by atoms with Gasteiger partial charge in [0.15, 0.2) is 0 Å². The summed E-state index contributed by atoms with van der Waals surface area (Å²) < 4.78 is 5.44. The first-order valence-electron chi connectivity index (χ1n) is 8.75. The number of esters is 1. The molecule has 1 N–H and O–H groups in total. The van der Waals surface area contributed by atoms with Crippen LogP contribution in [0.25, 0.3) is 10.8 Å². The van der Waals surface area contributed by atoms with Gasteiger partial charge in [0, 0.05) is 22.5 Å². The Morgan fingerprint density at radius 3 is 2.44 bits per heavy atom. The first-order valence-corrected chi connectivity index (χ1v) is 9.51. The number of hydrogen-bond acceptors (Lipinski definition) is 4. The van der Waals surface area contributed by atoms with E-state index in [-0.39, 0.29) is 17.0 Å². The monoisotopic (exact) mass is 410 g/mol. The lowest BCUT2D eigenvalue weighted by Crippen LogP contribution is -2.44. The molecule has 2 aromatic rings. The normalized spacial score (nSPS) is 12.9. The number of halogens is 2. The molecule has 0 aliphatic rings. The molecule has 0 aliphatic carbocycles. The number of carbonyl (C=O) groups is 2. The first-order chi connectivity index (χ1) is 12.5. The Bertz CT molecular complexity index is 860. The van der Waals surface area contributed by atoms with Crippen LogP contribution in [0.2, 0.25) is 10.2 Å². The van der Waals surface area contributed by atoms with E-state index in [4.69, 9.17) is 27.9 Å². The number of nitrogens with one attached hydrogen (secondary N) is 1. The fourth-order valence-electron chi connectivity index (χ4n) is 2.62. The van der Waals surface area contributed by atoms with Crippen molar-refractivity contribution in [2.75, 3.05) is 0 Å². The molecule has 27 heavy (non-hydrogen) atoms. The van der Waals surface area contributed by atoms with Crippen molar-refractivity contribution in [1.82, 2.24) is 10.3 Å². The van der Waals surface area contributed by atoms with Gasteiger partial charge in [0.1, 0.15) is 16.8 Å². The summed E-state index contributed by atoms with van der Waals surface area (Å²) in [7, 11) is 0. The zero-order valence-electron chi connectivity index (χ0n) is 16.1. The highest BCUT2D eigenvalue weighted by Gasteiger charge is 2.27. The molecule has 2 rings (SSSR count). The maximum Gasteiger partial charge on any atom is 0.329 e. The molecule has 0 fully saturated rings. The number of pyridine rings is 1. The van der Waals surface area contributed by atoms with Gasteiger partial charge in [-0.3, -0.25) is 4.79 Å². The van der Waals surface area contributed by atoms with E-state index in [1.807, 2.05) is 13.8 Å². The highest BCUT2D eigenvalue weighted by Crippen LogP contribution is 2.28. The number of rotatable bonds is 5. The Morgan fingerprint density at radius 1 is 1.19 bits per heavy atom. The molecule has 0 saturated carbocycles. The van der Waals surface area contributed by atoms with Gasteiger partial charge in [-0.2, -0.15) is 0 Å². The van der Waals surface area contributed by atoms with E-state index in [2.05, 4.69) is 10.3 Å². The van der Waals surface area contributed by atoms with Crippen LogP contribution in [0.1, 0.15) is 51.4 Å². The predicted octanol–water partition coefficient (Wildman–Crippen LogP) is 5.03. The Hall–Kier alpha value is -1.85. The van der Waals surface area contributed by atoms with Gasteiger partial charge in [-0.05, 0) is 45.2 Å². The van der Waals surface area contributed by atoms with Crippen LogP contribution < -0.4 is 5.32 Å². The van der Waals surface area contributed by atoms with Crippen LogP contribution in [-0.4, -0.2) is 28.5 Å². The van der Waals surface area contributed by atoms with E-state index in [1.165, 1.54) is 6.20 Å². The molecule has 5 nitrogen and oxygen atoms in total. The van der Waals surface area contributed by atoms with Crippen LogP contribution in [0.15, 0.2) is 24.4 Å². The van der Waals surface area contributed by atoms with Gasteiger partial charge in [-0.25, -0.2) is 9.78 Å². The summed E-state index contributed by atoms with van der Waals surface area (Å²) in [5, 5.41) is 4.77. The Kier molecular flexibility index (Phi) is 6.71. The molecule has 146 valence electrons.